The van der Waals surface area contributed by atoms with Crippen LogP contribution in [0.1, 0.15) is 35.6 Å². The molecule has 1 heterocycles. The summed E-state index contributed by atoms with van der Waals surface area (Å²) in [5.41, 5.74) is 2.52. The minimum atomic E-state index is 0.210. The smallest absolute Gasteiger partial charge is 0.106 e. The summed E-state index contributed by atoms with van der Waals surface area (Å²) in [7, 11) is 0. The average molecular weight is 355 g/mol. The molecule has 3 heteroatoms. The Bertz CT molecular complexity index is 533. The number of hydrogen-bond donors (Lipinski definition) is 1. The lowest BCUT2D eigenvalue weighted by Crippen LogP contribution is -2.22. The van der Waals surface area contributed by atoms with Gasteiger partial charge in [0.2, 0.25) is 0 Å². The Balaban J connectivity index is 2.42. The van der Waals surface area contributed by atoms with Gasteiger partial charge in [-0.15, -0.1) is 0 Å². The Hall–Kier alpha value is -0.810. The molecular formula is C15H18INO. The molecule has 1 aromatic heterocycles. The van der Waals surface area contributed by atoms with E-state index in [1.807, 2.05) is 13.8 Å². The molecule has 1 unspecified atom stereocenters. The topological polar surface area (TPSA) is 25.2 Å². The van der Waals surface area contributed by atoms with Crippen molar-refractivity contribution in [3.63, 3.8) is 0 Å². The molecule has 0 saturated heterocycles. The molecule has 2 nitrogen and oxygen atoms in total. The van der Waals surface area contributed by atoms with Gasteiger partial charge in [0, 0.05) is 9.13 Å². The fourth-order valence-corrected chi connectivity index (χ4v) is 2.80. The van der Waals surface area contributed by atoms with Crippen LogP contribution in [0.3, 0.4) is 0 Å². The highest BCUT2D eigenvalue weighted by atomic mass is 127. The van der Waals surface area contributed by atoms with Gasteiger partial charge in [0.15, 0.2) is 0 Å². The van der Waals surface area contributed by atoms with Crippen LogP contribution in [0, 0.1) is 17.4 Å². The second-order valence-corrected chi connectivity index (χ2v) is 5.66. The Labute approximate surface area is 122 Å². The van der Waals surface area contributed by atoms with E-state index in [-0.39, 0.29) is 6.04 Å². The summed E-state index contributed by atoms with van der Waals surface area (Å²) in [6.45, 7) is 7.08. The molecule has 0 spiro atoms. The normalized spacial score (nSPS) is 12.7. The Morgan fingerprint density at radius 1 is 1.28 bits per heavy atom. The van der Waals surface area contributed by atoms with Crippen molar-refractivity contribution in [1.29, 1.82) is 0 Å². The first-order valence-corrected chi connectivity index (χ1v) is 7.25. The molecule has 18 heavy (non-hydrogen) atoms. The van der Waals surface area contributed by atoms with Crippen LogP contribution in [0.2, 0.25) is 0 Å². The molecule has 96 valence electrons. The molecule has 0 aliphatic carbocycles. The molecule has 0 radical (unpaired) electrons. The van der Waals surface area contributed by atoms with E-state index in [0.717, 1.165) is 18.1 Å². The van der Waals surface area contributed by atoms with Crippen LogP contribution < -0.4 is 5.32 Å². The number of nitrogens with one attached hydrogen (secondary N) is 1. The summed E-state index contributed by atoms with van der Waals surface area (Å²) >= 11 is 2.35. The van der Waals surface area contributed by atoms with Crippen molar-refractivity contribution in [2.45, 2.75) is 26.8 Å². The molecule has 2 rings (SSSR count). The maximum Gasteiger partial charge on any atom is 0.106 e. The SMILES string of the molecule is CCNC(c1cccc(I)c1)c1cc(C)oc1C. The molecule has 0 aliphatic rings. The monoisotopic (exact) mass is 355 g/mol. The van der Waals surface area contributed by atoms with Gasteiger partial charge < -0.3 is 9.73 Å². The maximum atomic E-state index is 5.65. The summed E-state index contributed by atoms with van der Waals surface area (Å²) in [5, 5.41) is 3.53. The Morgan fingerprint density at radius 2 is 2.06 bits per heavy atom. The largest absolute Gasteiger partial charge is 0.466 e. The van der Waals surface area contributed by atoms with Crippen LogP contribution >= 0.6 is 22.6 Å². The number of furan rings is 1. The van der Waals surface area contributed by atoms with E-state index < -0.39 is 0 Å². The quantitative estimate of drug-likeness (QED) is 0.832. The first-order chi connectivity index (χ1) is 8.61. The van der Waals surface area contributed by atoms with Gasteiger partial charge >= 0.3 is 0 Å². The standard InChI is InChI=1S/C15H18INO/c1-4-17-15(12-6-5-7-13(16)9-12)14-8-10(2)18-11(14)3/h5-9,15,17H,4H2,1-3H3. The van der Waals surface area contributed by atoms with Crippen molar-refractivity contribution < 1.29 is 4.42 Å². The van der Waals surface area contributed by atoms with Crippen molar-refractivity contribution in [2.75, 3.05) is 6.54 Å². The summed E-state index contributed by atoms with van der Waals surface area (Å²) in [5.74, 6) is 1.97. The van der Waals surface area contributed by atoms with E-state index in [4.69, 9.17) is 4.42 Å². The van der Waals surface area contributed by atoms with E-state index in [9.17, 15) is 0 Å². The van der Waals surface area contributed by atoms with E-state index in [1.54, 1.807) is 0 Å². The zero-order valence-corrected chi connectivity index (χ0v) is 13.1. The van der Waals surface area contributed by atoms with Gasteiger partial charge in [0.25, 0.3) is 0 Å². The van der Waals surface area contributed by atoms with Crippen LogP contribution in [-0.4, -0.2) is 6.54 Å². The van der Waals surface area contributed by atoms with Crippen molar-refractivity contribution in [2.24, 2.45) is 0 Å². The van der Waals surface area contributed by atoms with Crippen LogP contribution in [0.15, 0.2) is 34.7 Å². The van der Waals surface area contributed by atoms with Gasteiger partial charge in [-0.05, 0) is 66.7 Å². The lowest BCUT2D eigenvalue weighted by atomic mass is 9.99. The summed E-state index contributed by atoms with van der Waals surface area (Å²) in [6, 6.07) is 10.9. The van der Waals surface area contributed by atoms with E-state index in [0.29, 0.717) is 0 Å². The molecule has 0 fully saturated rings. The van der Waals surface area contributed by atoms with Gasteiger partial charge in [-0.3, -0.25) is 0 Å². The van der Waals surface area contributed by atoms with Gasteiger partial charge in [-0.1, -0.05) is 19.1 Å². The first-order valence-electron chi connectivity index (χ1n) is 6.17. The zero-order chi connectivity index (χ0) is 13.1. The lowest BCUT2D eigenvalue weighted by molar-refractivity contribution is 0.495. The fourth-order valence-electron chi connectivity index (χ4n) is 2.23. The van der Waals surface area contributed by atoms with Crippen LogP contribution in [0.5, 0.6) is 0 Å². The van der Waals surface area contributed by atoms with Gasteiger partial charge in [0.05, 0.1) is 6.04 Å². The van der Waals surface area contributed by atoms with Gasteiger partial charge in [-0.2, -0.15) is 0 Å². The second-order valence-electron chi connectivity index (χ2n) is 4.41. The van der Waals surface area contributed by atoms with E-state index in [1.165, 1.54) is 14.7 Å². The predicted molar refractivity (Wildman–Crippen MR) is 82.9 cm³/mol. The number of aryl methyl sites for hydroxylation is 2. The number of hydrogen-bond acceptors (Lipinski definition) is 2. The molecule has 2 aromatic rings. The Morgan fingerprint density at radius 3 is 2.61 bits per heavy atom. The number of rotatable bonds is 4. The van der Waals surface area contributed by atoms with Crippen LogP contribution in [0.25, 0.3) is 0 Å². The number of halogens is 1. The van der Waals surface area contributed by atoms with Crippen LogP contribution in [0.4, 0.5) is 0 Å². The summed E-state index contributed by atoms with van der Waals surface area (Å²) in [4.78, 5) is 0. The second kappa shape index (κ2) is 5.89. The van der Waals surface area contributed by atoms with Gasteiger partial charge in [-0.25, -0.2) is 0 Å². The summed E-state index contributed by atoms with van der Waals surface area (Å²) < 4.78 is 6.91. The third-order valence-electron chi connectivity index (χ3n) is 2.98. The summed E-state index contributed by atoms with van der Waals surface area (Å²) in [6.07, 6.45) is 0. The van der Waals surface area contributed by atoms with Crippen molar-refractivity contribution in [1.82, 2.24) is 5.32 Å². The third-order valence-corrected chi connectivity index (χ3v) is 3.65. The highest BCUT2D eigenvalue weighted by molar-refractivity contribution is 14.1. The molecule has 0 aliphatic heterocycles. The van der Waals surface area contributed by atoms with Crippen LogP contribution in [-0.2, 0) is 0 Å². The average Bonchev–Trinajstić information content (AvgIpc) is 2.65. The number of benzene rings is 1. The molecule has 0 amide bonds. The molecule has 1 atom stereocenters. The highest BCUT2D eigenvalue weighted by Gasteiger charge is 2.18. The third kappa shape index (κ3) is 2.95. The Kier molecular flexibility index (Phi) is 4.45. The minimum absolute atomic E-state index is 0.210. The first kappa shape index (κ1) is 13.6. The van der Waals surface area contributed by atoms with E-state index >= 15 is 0 Å². The van der Waals surface area contributed by atoms with E-state index in [2.05, 4.69) is 65.2 Å². The highest BCUT2D eigenvalue weighted by Crippen LogP contribution is 2.28. The molecular weight excluding hydrogens is 337 g/mol. The maximum absolute atomic E-state index is 5.65. The predicted octanol–water partition coefficient (Wildman–Crippen LogP) is 4.20. The molecule has 0 saturated carbocycles. The fraction of sp³-hybridized carbons (Fsp3) is 0.333. The lowest BCUT2D eigenvalue weighted by Gasteiger charge is -2.18. The van der Waals surface area contributed by atoms with Gasteiger partial charge in [0.1, 0.15) is 11.5 Å². The van der Waals surface area contributed by atoms with Crippen molar-refractivity contribution >= 4 is 22.6 Å². The zero-order valence-electron chi connectivity index (χ0n) is 11.0. The molecule has 1 aromatic carbocycles. The van der Waals surface area contributed by atoms with Crippen molar-refractivity contribution in [3.8, 4) is 0 Å². The molecule has 1 N–H and O–H groups in total. The minimum Gasteiger partial charge on any atom is -0.466 e. The molecule has 0 bridgehead atoms. The van der Waals surface area contributed by atoms with Crippen molar-refractivity contribution in [3.05, 3.63) is 56.5 Å².